The molecule has 1 aliphatic heterocycles. The molecule has 10 heteroatoms. The zero-order valence-electron chi connectivity index (χ0n) is 16.2. The lowest BCUT2D eigenvalue weighted by Gasteiger charge is -2.34. The zero-order chi connectivity index (χ0) is 20.6. The van der Waals surface area contributed by atoms with E-state index >= 15 is 0 Å². The van der Waals surface area contributed by atoms with Gasteiger partial charge in [-0.25, -0.2) is 8.42 Å². The van der Waals surface area contributed by atoms with Crippen molar-refractivity contribution in [3.8, 4) is 5.75 Å². The third-order valence-corrected chi connectivity index (χ3v) is 7.34. The molecule has 2 aromatic rings. The van der Waals surface area contributed by atoms with Crippen molar-refractivity contribution in [2.75, 3.05) is 38.2 Å². The van der Waals surface area contributed by atoms with E-state index in [-0.39, 0.29) is 16.2 Å². The first-order valence-corrected chi connectivity index (χ1v) is 10.9. The van der Waals surface area contributed by atoms with E-state index in [4.69, 9.17) is 10.5 Å². The van der Waals surface area contributed by atoms with E-state index in [0.29, 0.717) is 26.2 Å². The second-order valence-electron chi connectivity index (χ2n) is 7.15. The number of piperazine rings is 1. The van der Waals surface area contributed by atoms with Gasteiger partial charge in [-0.1, -0.05) is 0 Å². The van der Waals surface area contributed by atoms with E-state index in [2.05, 4.69) is 21.2 Å². The number of hydrogen-bond acceptors (Lipinski definition) is 7. The van der Waals surface area contributed by atoms with Gasteiger partial charge in [0.1, 0.15) is 5.75 Å². The molecule has 1 amide bonds. The molecule has 2 N–H and O–H groups in total. The van der Waals surface area contributed by atoms with Crippen molar-refractivity contribution in [2.24, 2.45) is 5.73 Å². The van der Waals surface area contributed by atoms with Crippen molar-refractivity contribution in [1.82, 2.24) is 14.5 Å². The van der Waals surface area contributed by atoms with Crippen LogP contribution in [0.15, 0.2) is 29.2 Å². The topological polar surface area (TPSA) is 119 Å². The van der Waals surface area contributed by atoms with Gasteiger partial charge in [-0.2, -0.15) is 9.40 Å². The Morgan fingerprint density at radius 2 is 1.86 bits per heavy atom. The molecule has 2 aliphatic rings. The highest BCUT2D eigenvalue weighted by molar-refractivity contribution is 7.89. The summed E-state index contributed by atoms with van der Waals surface area (Å²) in [5.74, 6) is 0.304. The number of nitrogens with zero attached hydrogens (tertiary/aromatic N) is 4. The van der Waals surface area contributed by atoms with Gasteiger partial charge in [0.05, 0.1) is 23.3 Å². The van der Waals surface area contributed by atoms with E-state index in [1.165, 1.54) is 35.2 Å². The highest BCUT2D eigenvalue weighted by atomic mass is 32.2. The van der Waals surface area contributed by atoms with Crippen LogP contribution in [0.25, 0.3) is 0 Å². The van der Waals surface area contributed by atoms with E-state index in [9.17, 15) is 13.2 Å². The second kappa shape index (κ2) is 7.60. The van der Waals surface area contributed by atoms with Gasteiger partial charge < -0.3 is 15.4 Å². The minimum atomic E-state index is -3.75. The van der Waals surface area contributed by atoms with Crippen LogP contribution in [0.4, 0.5) is 5.82 Å². The summed E-state index contributed by atoms with van der Waals surface area (Å²) in [6, 6.07) is 6.22. The number of carbonyl (C=O) groups is 1. The third-order valence-electron chi connectivity index (χ3n) is 5.44. The van der Waals surface area contributed by atoms with Crippen molar-refractivity contribution >= 4 is 21.7 Å². The van der Waals surface area contributed by atoms with Crippen molar-refractivity contribution in [2.45, 2.75) is 24.2 Å². The fraction of sp³-hybridized carbons (Fsp3) is 0.421. The number of anilines is 1. The number of aryl methyl sites for hydroxylation is 2. The maximum Gasteiger partial charge on any atom is 0.252 e. The maximum atomic E-state index is 13.0. The highest BCUT2D eigenvalue weighted by Crippen LogP contribution is 2.27. The number of fused-ring (bicyclic) bond motifs is 1. The van der Waals surface area contributed by atoms with Crippen LogP contribution in [0.1, 0.15) is 28.0 Å². The number of amides is 1. The molecular weight excluding hydrogens is 394 g/mol. The lowest BCUT2D eigenvalue weighted by molar-refractivity contribution is 0.0997. The zero-order valence-corrected chi connectivity index (χ0v) is 17.0. The molecule has 0 atom stereocenters. The molecule has 154 valence electrons. The quantitative estimate of drug-likeness (QED) is 0.756. The average Bonchev–Trinajstić information content (AvgIpc) is 3.21. The molecule has 1 fully saturated rings. The van der Waals surface area contributed by atoms with Gasteiger partial charge in [-0.3, -0.25) is 4.79 Å². The summed E-state index contributed by atoms with van der Waals surface area (Å²) in [5.41, 5.74) is 7.70. The number of ether oxygens (including phenoxy) is 1. The molecule has 1 saturated heterocycles. The van der Waals surface area contributed by atoms with Crippen LogP contribution in [0.3, 0.4) is 0 Å². The fourth-order valence-electron chi connectivity index (χ4n) is 3.82. The van der Waals surface area contributed by atoms with Gasteiger partial charge in [0, 0.05) is 26.2 Å². The minimum Gasteiger partial charge on any atom is -0.496 e. The normalized spacial score (nSPS) is 17.2. The van der Waals surface area contributed by atoms with Gasteiger partial charge in [0.25, 0.3) is 5.91 Å². The third kappa shape index (κ3) is 3.65. The van der Waals surface area contributed by atoms with E-state index < -0.39 is 15.9 Å². The molecule has 1 aromatic heterocycles. The summed E-state index contributed by atoms with van der Waals surface area (Å²) in [6.07, 6.45) is 3.10. The lowest BCUT2D eigenvalue weighted by Crippen LogP contribution is -2.49. The Morgan fingerprint density at radius 1 is 1.10 bits per heavy atom. The van der Waals surface area contributed by atoms with Crippen LogP contribution < -0.4 is 15.4 Å². The number of methoxy groups -OCH3 is 1. The first-order valence-electron chi connectivity index (χ1n) is 9.48. The molecule has 1 aromatic carbocycles. The molecular formula is C19H23N5O4S. The summed E-state index contributed by atoms with van der Waals surface area (Å²) in [7, 11) is -2.35. The molecule has 0 spiro atoms. The standard InChI is InChI=1S/C19H23N5O4S/c1-28-17-6-5-14(12-15(17)19(20)25)29(26,27)24-9-7-23(8-10-24)18-11-13-3-2-4-16(13)21-22-18/h5-6,11-12H,2-4,7-10H2,1H3,(H2,20,25). The second-order valence-corrected chi connectivity index (χ2v) is 9.08. The Labute approximate surface area is 169 Å². The van der Waals surface area contributed by atoms with Gasteiger partial charge >= 0.3 is 0 Å². The van der Waals surface area contributed by atoms with E-state index in [1.807, 2.05) is 0 Å². The Kier molecular flexibility index (Phi) is 5.13. The summed E-state index contributed by atoms with van der Waals surface area (Å²) >= 11 is 0. The number of carbonyl (C=O) groups excluding carboxylic acids is 1. The summed E-state index contributed by atoms with van der Waals surface area (Å²) in [4.78, 5) is 13.7. The lowest BCUT2D eigenvalue weighted by atomic mass is 10.2. The Hall–Kier alpha value is -2.72. The number of sulfonamides is 1. The van der Waals surface area contributed by atoms with Gasteiger partial charge in [-0.05, 0) is 49.1 Å². The molecule has 0 unspecified atom stereocenters. The average molecular weight is 417 g/mol. The Morgan fingerprint density at radius 3 is 2.55 bits per heavy atom. The molecule has 1 aliphatic carbocycles. The van der Waals surface area contributed by atoms with Crippen LogP contribution in [-0.2, 0) is 22.9 Å². The monoisotopic (exact) mass is 417 g/mol. The van der Waals surface area contributed by atoms with Gasteiger partial charge in [0.15, 0.2) is 5.82 Å². The van der Waals surface area contributed by atoms with Crippen LogP contribution >= 0.6 is 0 Å². The number of aromatic nitrogens is 2. The van der Waals surface area contributed by atoms with Crippen molar-refractivity contribution in [3.05, 3.63) is 41.1 Å². The van der Waals surface area contributed by atoms with Gasteiger partial charge in [0.2, 0.25) is 10.0 Å². The van der Waals surface area contributed by atoms with Crippen molar-refractivity contribution in [1.29, 1.82) is 0 Å². The van der Waals surface area contributed by atoms with Crippen molar-refractivity contribution in [3.63, 3.8) is 0 Å². The molecule has 0 bridgehead atoms. The predicted molar refractivity (Wildman–Crippen MR) is 107 cm³/mol. The van der Waals surface area contributed by atoms with E-state index in [0.717, 1.165) is 30.8 Å². The molecule has 9 nitrogen and oxygen atoms in total. The number of benzene rings is 1. The van der Waals surface area contributed by atoms with Crippen LogP contribution in [-0.4, -0.2) is 62.1 Å². The molecule has 0 saturated carbocycles. The largest absolute Gasteiger partial charge is 0.496 e. The van der Waals surface area contributed by atoms with Crippen LogP contribution in [0, 0.1) is 0 Å². The molecule has 4 rings (SSSR count). The van der Waals surface area contributed by atoms with Gasteiger partial charge in [-0.15, -0.1) is 5.10 Å². The SMILES string of the molecule is COc1ccc(S(=O)(=O)N2CCN(c3cc4c(nn3)CCC4)CC2)cc1C(N)=O. The summed E-state index contributed by atoms with van der Waals surface area (Å²) in [5, 5.41) is 8.63. The fourth-order valence-corrected chi connectivity index (χ4v) is 5.27. The van der Waals surface area contributed by atoms with E-state index in [1.54, 1.807) is 0 Å². The van der Waals surface area contributed by atoms with Crippen LogP contribution in [0.5, 0.6) is 5.75 Å². The predicted octanol–water partition coefficient (Wildman–Crippen LogP) is 0.584. The number of hydrogen-bond donors (Lipinski definition) is 1. The number of nitrogens with two attached hydrogens (primary N) is 1. The first-order chi connectivity index (χ1) is 13.9. The Bertz CT molecular complexity index is 1050. The van der Waals surface area contributed by atoms with Crippen LogP contribution in [0.2, 0.25) is 0 Å². The van der Waals surface area contributed by atoms with Crippen molar-refractivity contribution < 1.29 is 17.9 Å². The maximum absolute atomic E-state index is 13.0. The highest BCUT2D eigenvalue weighted by Gasteiger charge is 2.30. The molecule has 2 heterocycles. The number of rotatable bonds is 5. The first kappa shape index (κ1) is 19.6. The summed E-state index contributed by atoms with van der Waals surface area (Å²) < 4.78 is 32.6. The minimum absolute atomic E-state index is 0.0258. The number of primary amides is 1. The summed E-state index contributed by atoms with van der Waals surface area (Å²) in [6.45, 7) is 1.68. The Balaban J connectivity index is 1.50. The molecule has 29 heavy (non-hydrogen) atoms. The smallest absolute Gasteiger partial charge is 0.252 e. The molecule has 0 radical (unpaired) electrons.